The molecule has 6 nitrogen and oxygen atoms in total. The Bertz CT molecular complexity index is 414. The van der Waals surface area contributed by atoms with Crippen LogP contribution in [0.4, 0.5) is 5.82 Å². The van der Waals surface area contributed by atoms with Gasteiger partial charge in [0.2, 0.25) is 5.76 Å². The Labute approximate surface area is 91.6 Å². The number of esters is 1. The van der Waals surface area contributed by atoms with Crippen molar-refractivity contribution in [2.45, 2.75) is 6.92 Å². The molecule has 6 heteroatoms. The fraction of sp³-hybridized carbons (Fsp3) is 0.100. The van der Waals surface area contributed by atoms with Gasteiger partial charge in [-0.2, -0.15) is 0 Å². The van der Waals surface area contributed by atoms with Gasteiger partial charge in [0, 0.05) is 13.1 Å². The summed E-state index contributed by atoms with van der Waals surface area (Å²) in [6.45, 7) is 1.12. The second kappa shape index (κ2) is 5.50. The molecule has 1 heterocycles. The molecular formula is C10H10N2O4. The zero-order chi connectivity index (χ0) is 12.0. The lowest BCUT2D eigenvalue weighted by Crippen LogP contribution is -2.10. The second-order valence-corrected chi connectivity index (χ2v) is 2.77. The van der Waals surface area contributed by atoms with E-state index in [4.69, 9.17) is 5.11 Å². The van der Waals surface area contributed by atoms with E-state index in [-0.39, 0.29) is 0 Å². The smallest absolute Gasteiger partial charge is 0.373 e. The van der Waals surface area contributed by atoms with Gasteiger partial charge in [-0.05, 0) is 12.1 Å². The zero-order valence-corrected chi connectivity index (χ0v) is 8.51. The molecule has 0 spiro atoms. The molecule has 0 saturated carbocycles. The van der Waals surface area contributed by atoms with Crippen LogP contribution in [-0.2, 0) is 14.3 Å². The quantitative estimate of drug-likeness (QED) is 0.448. The summed E-state index contributed by atoms with van der Waals surface area (Å²) in [4.78, 5) is 25.2. The van der Waals surface area contributed by atoms with Gasteiger partial charge in [0.15, 0.2) is 0 Å². The molecule has 0 aliphatic heterocycles. The number of carboxylic acids is 1. The molecular weight excluding hydrogens is 212 g/mol. The van der Waals surface area contributed by atoms with Crippen molar-refractivity contribution in [1.29, 1.82) is 0 Å². The Balaban J connectivity index is 2.72. The Morgan fingerprint density at radius 1 is 1.50 bits per heavy atom. The maximum absolute atomic E-state index is 10.7. The van der Waals surface area contributed by atoms with E-state index in [1.165, 1.54) is 0 Å². The first kappa shape index (κ1) is 11.7. The minimum absolute atomic E-state index is 0.452. The number of carboxylic acid groups (broad SMARTS) is 1. The molecule has 0 aliphatic rings. The summed E-state index contributed by atoms with van der Waals surface area (Å²) in [6, 6.07) is 5.10. The molecule has 0 radical (unpaired) electrons. The van der Waals surface area contributed by atoms with E-state index in [0.29, 0.717) is 5.82 Å². The molecule has 0 unspecified atom stereocenters. The van der Waals surface area contributed by atoms with Crippen molar-refractivity contribution in [1.82, 2.24) is 4.98 Å². The first-order valence-electron chi connectivity index (χ1n) is 4.39. The van der Waals surface area contributed by atoms with Crippen LogP contribution in [-0.4, -0.2) is 22.0 Å². The Hall–Kier alpha value is -2.37. The monoisotopic (exact) mass is 222 g/mol. The van der Waals surface area contributed by atoms with Gasteiger partial charge in [0.05, 0.1) is 6.20 Å². The summed E-state index contributed by atoms with van der Waals surface area (Å²) < 4.78 is 4.47. The number of carbonyl (C=O) groups excluding carboxylic acids is 1. The third kappa shape index (κ3) is 3.79. The zero-order valence-electron chi connectivity index (χ0n) is 8.51. The number of aliphatic carboxylic acids is 1. The van der Waals surface area contributed by atoms with Gasteiger partial charge < -0.3 is 15.2 Å². The van der Waals surface area contributed by atoms with E-state index in [0.717, 1.165) is 13.1 Å². The van der Waals surface area contributed by atoms with E-state index in [2.05, 4.69) is 15.0 Å². The molecule has 0 aliphatic carbocycles. The number of ether oxygens (including phenoxy) is 1. The van der Waals surface area contributed by atoms with Crippen LogP contribution in [0.25, 0.3) is 0 Å². The van der Waals surface area contributed by atoms with Gasteiger partial charge in [-0.25, -0.2) is 9.78 Å². The molecule has 1 aromatic heterocycles. The highest BCUT2D eigenvalue weighted by atomic mass is 16.6. The van der Waals surface area contributed by atoms with Crippen molar-refractivity contribution in [2.24, 2.45) is 0 Å². The first-order valence-corrected chi connectivity index (χ1v) is 4.39. The lowest BCUT2D eigenvalue weighted by atomic mass is 10.4. The van der Waals surface area contributed by atoms with Gasteiger partial charge in [0.25, 0.3) is 0 Å². The summed E-state index contributed by atoms with van der Waals surface area (Å²) >= 11 is 0. The Kier molecular flexibility index (Phi) is 4.02. The van der Waals surface area contributed by atoms with Gasteiger partial charge in [-0.1, -0.05) is 6.07 Å². The lowest BCUT2D eigenvalue weighted by molar-refractivity contribution is -0.146. The number of pyridine rings is 1. The van der Waals surface area contributed by atoms with Crippen molar-refractivity contribution in [3.63, 3.8) is 0 Å². The summed E-state index contributed by atoms with van der Waals surface area (Å²) in [7, 11) is 0. The summed E-state index contributed by atoms with van der Waals surface area (Å²) in [6.07, 6.45) is 2.61. The fourth-order valence-electron chi connectivity index (χ4n) is 0.877. The summed E-state index contributed by atoms with van der Waals surface area (Å²) in [5.74, 6) is -2.07. The molecule has 1 rings (SSSR count). The molecule has 0 aromatic carbocycles. The molecule has 2 N–H and O–H groups in total. The third-order valence-corrected chi connectivity index (χ3v) is 1.48. The Morgan fingerprint density at radius 2 is 2.25 bits per heavy atom. The SMILES string of the molecule is CC(=O)O/C(=C\Nc1ccccn1)C(=O)O. The van der Waals surface area contributed by atoms with Crippen LogP contribution in [0.5, 0.6) is 0 Å². The number of rotatable bonds is 4. The summed E-state index contributed by atoms with van der Waals surface area (Å²) in [5, 5.41) is 11.3. The fourth-order valence-corrected chi connectivity index (χ4v) is 0.877. The number of hydrogen-bond acceptors (Lipinski definition) is 5. The third-order valence-electron chi connectivity index (χ3n) is 1.48. The van der Waals surface area contributed by atoms with Crippen molar-refractivity contribution < 1.29 is 19.4 Å². The molecule has 16 heavy (non-hydrogen) atoms. The maximum Gasteiger partial charge on any atom is 0.373 e. The molecule has 1 aromatic rings. The second-order valence-electron chi connectivity index (χ2n) is 2.77. The van der Waals surface area contributed by atoms with Crippen LogP contribution in [0.2, 0.25) is 0 Å². The molecule has 0 fully saturated rings. The van der Waals surface area contributed by atoms with Crippen LogP contribution < -0.4 is 5.32 Å². The van der Waals surface area contributed by atoms with Gasteiger partial charge >= 0.3 is 11.9 Å². The lowest BCUT2D eigenvalue weighted by Gasteiger charge is -2.03. The number of aromatic nitrogens is 1. The first-order chi connectivity index (χ1) is 7.59. The summed E-state index contributed by atoms with van der Waals surface area (Å²) in [5.41, 5.74) is 0. The molecule has 0 bridgehead atoms. The average Bonchev–Trinajstić information content (AvgIpc) is 2.25. The highest BCUT2D eigenvalue weighted by Gasteiger charge is 2.10. The van der Waals surface area contributed by atoms with Gasteiger partial charge in [-0.3, -0.25) is 4.79 Å². The highest BCUT2D eigenvalue weighted by Crippen LogP contribution is 2.03. The minimum atomic E-state index is -1.33. The molecule has 84 valence electrons. The van der Waals surface area contributed by atoms with Crippen LogP contribution in [0.1, 0.15) is 6.92 Å². The van der Waals surface area contributed by atoms with Crippen LogP contribution in [0.15, 0.2) is 36.4 Å². The van der Waals surface area contributed by atoms with E-state index < -0.39 is 17.7 Å². The van der Waals surface area contributed by atoms with Crippen molar-refractivity contribution in [3.8, 4) is 0 Å². The maximum atomic E-state index is 10.7. The van der Waals surface area contributed by atoms with E-state index in [1.807, 2.05) is 0 Å². The Morgan fingerprint density at radius 3 is 2.75 bits per heavy atom. The predicted molar refractivity (Wildman–Crippen MR) is 55.3 cm³/mol. The number of nitrogens with zero attached hydrogens (tertiary/aromatic N) is 1. The minimum Gasteiger partial charge on any atom is -0.475 e. The van der Waals surface area contributed by atoms with Crippen molar-refractivity contribution in [3.05, 3.63) is 36.4 Å². The van der Waals surface area contributed by atoms with Gasteiger partial charge in [-0.15, -0.1) is 0 Å². The van der Waals surface area contributed by atoms with Crippen molar-refractivity contribution >= 4 is 17.8 Å². The largest absolute Gasteiger partial charge is 0.475 e. The highest BCUT2D eigenvalue weighted by molar-refractivity contribution is 5.87. The topological polar surface area (TPSA) is 88.5 Å². The molecule has 0 atom stereocenters. The number of hydrogen-bond donors (Lipinski definition) is 2. The van der Waals surface area contributed by atoms with E-state index >= 15 is 0 Å². The van der Waals surface area contributed by atoms with Crippen LogP contribution >= 0.6 is 0 Å². The van der Waals surface area contributed by atoms with Gasteiger partial charge in [0.1, 0.15) is 5.82 Å². The molecule has 0 amide bonds. The van der Waals surface area contributed by atoms with E-state index in [1.54, 1.807) is 24.4 Å². The van der Waals surface area contributed by atoms with Crippen LogP contribution in [0, 0.1) is 0 Å². The van der Waals surface area contributed by atoms with Crippen molar-refractivity contribution in [2.75, 3.05) is 5.32 Å². The normalized spacial score (nSPS) is 10.7. The number of nitrogens with one attached hydrogen (secondary N) is 1. The number of anilines is 1. The van der Waals surface area contributed by atoms with Crippen LogP contribution in [0.3, 0.4) is 0 Å². The average molecular weight is 222 g/mol. The number of carbonyl (C=O) groups is 2. The van der Waals surface area contributed by atoms with E-state index in [9.17, 15) is 9.59 Å². The standard InChI is InChI=1S/C10H10N2O4/c1-7(13)16-8(10(14)15)6-12-9-4-2-3-5-11-9/h2-6H,1H3,(H,11,12)(H,14,15)/b8-6-. The molecule has 0 saturated heterocycles. The predicted octanol–water partition coefficient (Wildman–Crippen LogP) is 0.983.